The Morgan fingerprint density at radius 3 is 2.10 bits per heavy atom. The molecule has 5 amide bonds. The Morgan fingerprint density at radius 1 is 0.940 bits per heavy atom. The van der Waals surface area contributed by atoms with Crippen LogP contribution in [-0.4, -0.2) is 116 Å². The van der Waals surface area contributed by atoms with E-state index in [1.807, 2.05) is 20.8 Å². The summed E-state index contributed by atoms with van der Waals surface area (Å²) in [4.78, 5) is 69.4. The molecule has 0 aromatic rings. The van der Waals surface area contributed by atoms with Gasteiger partial charge in [0.1, 0.15) is 18.1 Å². The third-order valence-electron chi connectivity index (χ3n) is 11.3. The molecule has 0 aromatic heterocycles. The summed E-state index contributed by atoms with van der Waals surface area (Å²) in [6.07, 6.45) is 7.65. The number of amides is 5. The summed E-state index contributed by atoms with van der Waals surface area (Å²) in [7, 11) is 0.698. The van der Waals surface area contributed by atoms with Gasteiger partial charge in [0.05, 0.1) is 0 Å². The summed E-state index contributed by atoms with van der Waals surface area (Å²) < 4.78 is 28.1. The second-order valence-corrected chi connectivity index (χ2v) is 18.8. The number of rotatable bonds is 15. The lowest BCUT2D eigenvalue weighted by Crippen LogP contribution is -2.62. The smallest absolute Gasteiger partial charge is 0.315 e. The van der Waals surface area contributed by atoms with Gasteiger partial charge < -0.3 is 26.2 Å². The van der Waals surface area contributed by atoms with Crippen molar-refractivity contribution in [1.29, 1.82) is 0 Å². The third-order valence-corrected chi connectivity index (χ3v) is 13.2. The average molecular weight is 722 g/mol. The lowest BCUT2D eigenvalue weighted by atomic mass is 9.83. The van der Waals surface area contributed by atoms with Crippen molar-refractivity contribution in [2.45, 2.75) is 104 Å². The van der Waals surface area contributed by atoms with Crippen LogP contribution >= 0.6 is 0 Å². The summed E-state index contributed by atoms with van der Waals surface area (Å²) in [5.41, 5.74) is -0.952. The van der Waals surface area contributed by atoms with E-state index in [-0.39, 0.29) is 42.2 Å². The molecule has 0 radical (unpaired) electrons. The molecule has 0 aromatic carbocycles. The van der Waals surface area contributed by atoms with E-state index in [4.69, 9.17) is 0 Å². The van der Waals surface area contributed by atoms with E-state index in [2.05, 4.69) is 41.7 Å². The third kappa shape index (κ3) is 8.70. The van der Waals surface area contributed by atoms with Crippen LogP contribution in [0.1, 0.15) is 79.6 Å². The number of carbonyl (C=O) groups excluding carboxylic acids is 5. The predicted molar refractivity (Wildman–Crippen MR) is 190 cm³/mol. The molecular formula is C35H59N7O7S. The van der Waals surface area contributed by atoms with Gasteiger partial charge in [-0.05, 0) is 60.2 Å². The van der Waals surface area contributed by atoms with Crippen molar-refractivity contribution in [1.82, 2.24) is 34.8 Å². The Hall–Kier alpha value is -3.04. The number of ketones is 1. The topological polar surface area (TPSA) is 177 Å². The average Bonchev–Trinajstić information content (AvgIpc) is 3.92. The van der Waals surface area contributed by atoms with Gasteiger partial charge in [0, 0.05) is 46.8 Å². The van der Waals surface area contributed by atoms with Gasteiger partial charge in [0.2, 0.25) is 17.6 Å². The molecule has 3 saturated carbocycles. The number of urea groups is 1. The van der Waals surface area contributed by atoms with Crippen LogP contribution in [0.4, 0.5) is 4.79 Å². The SMILES string of the molecule is C=CCNC(=O)C(=O)C(NC(=O)[C@@H]1[C@@H]2[C@H](CN1C(=O)[C@@H](NC(=O)N[C@H](CN(C)S(=O)(=O)N(C)C)C1CCCCC1)C(C)(C)C)C2(C)C)C1CC1. The van der Waals surface area contributed by atoms with Crippen LogP contribution in [-0.2, 0) is 29.4 Å². The van der Waals surface area contributed by atoms with Gasteiger partial charge in [-0.3, -0.25) is 19.2 Å². The molecule has 0 bridgehead atoms. The first-order valence-electron chi connectivity index (χ1n) is 18.0. The lowest BCUT2D eigenvalue weighted by Gasteiger charge is -2.39. The zero-order valence-corrected chi connectivity index (χ0v) is 31.9. The zero-order chi connectivity index (χ0) is 37.3. The minimum Gasteiger partial charge on any atom is -0.346 e. The summed E-state index contributed by atoms with van der Waals surface area (Å²) in [5.74, 6) is -2.54. The van der Waals surface area contributed by atoms with Crippen molar-refractivity contribution in [2.24, 2.45) is 34.5 Å². The van der Waals surface area contributed by atoms with Crippen LogP contribution in [0.5, 0.6) is 0 Å². The number of hydrogen-bond donors (Lipinski definition) is 4. The van der Waals surface area contributed by atoms with Crippen LogP contribution in [0.15, 0.2) is 12.7 Å². The van der Waals surface area contributed by atoms with Gasteiger partial charge in [0.25, 0.3) is 16.1 Å². The molecule has 50 heavy (non-hydrogen) atoms. The fraction of sp³-hybridized carbons (Fsp3) is 0.800. The second-order valence-electron chi connectivity index (χ2n) is 16.6. The summed E-state index contributed by atoms with van der Waals surface area (Å²) >= 11 is 0. The predicted octanol–water partition coefficient (Wildman–Crippen LogP) is 1.64. The van der Waals surface area contributed by atoms with E-state index in [1.165, 1.54) is 36.4 Å². The van der Waals surface area contributed by atoms with Crippen LogP contribution < -0.4 is 21.3 Å². The molecule has 1 aliphatic heterocycles. The second kappa shape index (κ2) is 15.3. The maximum atomic E-state index is 14.5. The molecule has 282 valence electrons. The number of nitrogens with zero attached hydrogens (tertiary/aromatic N) is 3. The van der Waals surface area contributed by atoms with E-state index in [9.17, 15) is 32.4 Å². The molecule has 1 unspecified atom stereocenters. The number of fused-ring (bicyclic) bond motifs is 1. The van der Waals surface area contributed by atoms with Crippen molar-refractivity contribution in [3.05, 3.63) is 12.7 Å². The molecule has 4 N–H and O–H groups in total. The normalized spacial score (nSPS) is 25.2. The standard InChI is InChI=1S/C35H59N7O7S/c1-10-18-36-31(45)28(43)26(22-16-17-22)38-30(44)27-25-23(35(25,5)6)19-42(27)32(46)29(34(2,3)4)39-33(47)37-24(21-14-12-11-13-15-21)20-41(9)50(48,49)40(7)8/h10,21-27,29H,1,11-20H2,2-9H3,(H,36,45)(H,38,44)(H2,37,39,47)/t23-,24+,25-,26?,27-,29+/m0/s1. The Balaban J connectivity index is 1.53. The van der Waals surface area contributed by atoms with Gasteiger partial charge in [-0.2, -0.15) is 17.0 Å². The maximum Gasteiger partial charge on any atom is 0.315 e. The molecular weight excluding hydrogens is 662 g/mol. The number of Topliss-reactive ketones (excluding diaryl/α,β-unsaturated/α-hetero) is 1. The van der Waals surface area contributed by atoms with Crippen LogP contribution in [0.3, 0.4) is 0 Å². The fourth-order valence-corrected chi connectivity index (χ4v) is 8.83. The van der Waals surface area contributed by atoms with Crippen molar-refractivity contribution in [2.75, 3.05) is 40.8 Å². The Labute approximate surface area is 298 Å². The van der Waals surface area contributed by atoms with Gasteiger partial charge in [-0.1, -0.05) is 60.0 Å². The molecule has 4 fully saturated rings. The van der Waals surface area contributed by atoms with Crippen molar-refractivity contribution < 1.29 is 32.4 Å². The molecule has 3 aliphatic carbocycles. The highest BCUT2D eigenvalue weighted by Crippen LogP contribution is 2.65. The van der Waals surface area contributed by atoms with E-state index in [0.29, 0.717) is 19.4 Å². The highest BCUT2D eigenvalue weighted by molar-refractivity contribution is 7.86. The Morgan fingerprint density at radius 2 is 1.56 bits per heavy atom. The van der Waals surface area contributed by atoms with Crippen molar-refractivity contribution in [3.8, 4) is 0 Å². The molecule has 4 aliphatic rings. The first-order chi connectivity index (χ1) is 23.2. The van der Waals surface area contributed by atoms with Crippen molar-refractivity contribution >= 4 is 39.7 Å². The molecule has 0 spiro atoms. The number of carbonyl (C=O) groups is 5. The number of nitrogens with one attached hydrogen (secondary N) is 4. The lowest BCUT2D eigenvalue weighted by molar-refractivity contribution is -0.145. The maximum absolute atomic E-state index is 14.5. The molecule has 6 atom stereocenters. The summed E-state index contributed by atoms with van der Waals surface area (Å²) in [5, 5.41) is 11.3. The minimum atomic E-state index is -3.72. The Bertz CT molecular complexity index is 1430. The number of hydrogen-bond acceptors (Lipinski definition) is 7. The summed E-state index contributed by atoms with van der Waals surface area (Å²) in [6, 6.07) is -3.94. The van der Waals surface area contributed by atoms with Crippen LogP contribution in [0, 0.1) is 34.5 Å². The van der Waals surface area contributed by atoms with Gasteiger partial charge >= 0.3 is 6.03 Å². The van der Waals surface area contributed by atoms with Gasteiger partial charge in [0.15, 0.2) is 0 Å². The quantitative estimate of drug-likeness (QED) is 0.147. The largest absolute Gasteiger partial charge is 0.346 e. The first kappa shape index (κ1) is 39.7. The molecule has 1 heterocycles. The van der Waals surface area contributed by atoms with E-state index in [1.54, 1.807) is 0 Å². The molecule has 4 rings (SSSR count). The monoisotopic (exact) mass is 721 g/mol. The van der Waals surface area contributed by atoms with Crippen LogP contribution in [0.25, 0.3) is 0 Å². The molecule has 15 heteroatoms. The number of piperidine rings is 1. The van der Waals surface area contributed by atoms with Gasteiger partial charge in [-0.15, -0.1) is 6.58 Å². The highest BCUT2D eigenvalue weighted by atomic mass is 32.2. The van der Waals surface area contributed by atoms with E-state index >= 15 is 0 Å². The first-order valence-corrected chi connectivity index (χ1v) is 19.4. The minimum absolute atomic E-state index is 0.0625. The molecule has 14 nitrogen and oxygen atoms in total. The summed E-state index contributed by atoms with van der Waals surface area (Å²) in [6.45, 7) is 13.7. The fourth-order valence-electron chi connectivity index (χ4n) is 7.93. The number of likely N-dealkylation sites (tertiary alicyclic amines) is 1. The van der Waals surface area contributed by atoms with Gasteiger partial charge in [-0.25, -0.2) is 4.79 Å². The van der Waals surface area contributed by atoms with E-state index in [0.717, 1.165) is 36.4 Å². The Kier molecular flexibility index (Phi) is 12.1. The van der Waals surface area contributed by atoms with E-state index < -0.39 is 69.3 Å². The number of likely N-dealkylation sites (N-methyl/N-ethyl adjacent to an activating group) is 1. The zero-order valence-electron chi connectivity index (χ0n) is 31.1. The molecule has 1 saturated heterocycles. The highest BCUT2D eigenvalue weighted by Gasteiger charge is 2.70. The van der Waals surface area contributed by atoms with Crippen molar-refractivity contribution in [3.63, 3.8) is 0 Å². The van der Waals surface area contributed by atoms with Crippen LogP contribution in [0.2, 0.25) is 0 Å².